The number of nitrogens with two attached hydrogens (primary N) is 1. The fourth-order valence-corrected chi connectivity index (χ4v) is 2.61. The lowest BCUT2D eigenvalue weighted by Crippen LogP contribution is -2.50. The molecule has 6 heteroatoms. The minimum Gasteiger partial charge on any atom is -0.354 e. The van der Waals surface area contributed by atoms with E-state index in [2.05, 4.69) is 30.0 Å². The van der Waals surface area contributed by atoms with Gasteiger partial charge in [0.05, 0.1) is 12.0 Å². The molecule has 124 valence electrons. The van der Waals surface area contributed by atoms with E-state index in [4.69, 9.17) is 5.73 Å². The molecule has 0 spiro atoms. The molecule has 1 aromatic rings. The second-order valence-corrected chi connectivity index (χ2v) is 5.81. The molecule has 2 rings (SSSR count). The first-order chi connectivity index (χ1) is 10.1. The standard InChI is InChI=1S/C16H26N4O.ClH/c1-3-16(17,4-2)11-18-15(21)13-10-19-20-14(13)12-8-6-5-7-9-12;/h5-9,13-14,19-20H,3-4,10-11,17H2,1-2H3,(H,18,21);1H. The highest BCUT2D eigenvalue weighted by Gasteiger charge is 2.34. The fraction of sp³-hybridized carbons (Fsp3) is 0.562. The Morgan fingerprint density at radius 3 is 2.55 bits per heavy atom. The van der Waals surface area contributed by atoms with Crippen molar-refractivity contribution in [2.45, 2.75) is 38.3 Å². The highest BCUT2D eigenvalue weighted by molar-refractivity contribution is 5.85. The van der Waals surface area contributed by atoms with Crippen molar-refractivity contribution >= 4 is 18.3 Å². The molecule has 0 aliphatic carbocycles. The molecule has 5 nitrogen and oxygen atoms in total. The summed E-state index contributed by atoms with van der Waals surface area (Å²) in [6.07, 6.45) is 1.71. The summed E-state index contributed by atoms with van der Waals surface area (Å²) in [6, 6.07) is 10.0. The zero-order chi connectivity index (χ0) is 15.3. The number of carbonyl (C=O) groups is 1. The van der Waals surface area contributed by atoms with Crippen LogP contribution in [-0.2, 0) is 4.79 Å². The lowest BCUT2D eigenvalue weighted by Gasteiger charge is -2.28. The molecule has 1 aromatic carbocycles. The number of benzene rings is 1. The maximum Gasteiger partial charge on any atom is 0.226 e. The van der Waals surface area contributed by atoms with Crippen molar-refractivity contribution in [2.75, 3.05) is 13.1 Å². The van der Waals surface area contributed by atoms with E-state index in [1.165, 1.54) is 0 Å². The maximum atomic E-state index is 12.5. The third-order valence-electron chi connectivity index (χ3n) is 4.50. The third-order valence-corrected chi connectivity index (χ3v) is 4.50. The molecule has 1 fully saturated rings. The summed E-state index contributed by atoms with van der Waals surface area (Å²) in [5.41, 5.74) is 13.3. The van der Waals surface area contributed by atoms with Crippen LogP contribution in [0.15, 0.2) is 30.3 Å². The van der Waals surface area contributed by atoms with Gasteiger partial charge in [0.15, 0.2) is 0 Å². The molecular weight excluding hydrogens is 300 g/mol. The predicted molar refractivity (Wildman–Crippen MR) is 91.6 cm³/mol. The Balaban J connectivity index is 0.00000242. The van der Waals surface area contributed by atoms with Crippen LogP contribution in [0.4, 0.5) is 0 Å². The molecule has 22 heavy (non-hydrogen) atoms. The minimum absolute atomic E-state index is 0. The molecule has 1 amide bonds. The normalized spacial score (nSPS) is 21.2. The van der Waals surface area contributed by atoms with Gasteiger partial charge in [-0.1, -0.05) is 44.2 Å². The molecule has 5 N–H and O–H groups in total. The predicted octanol–water partition coefficient (Wildman–Crippen LogP) is 1.51. The summed E-state index contributed by atoms with van der Waals surface area (Å²) >= 11 is 0. The molecule has 0 saturated carbocycles. The van der Waals surface area contributed by atoms with E-state index in [1.807, 2.05) is 30.3 Å². The van der Waals surface area contributed by atoms with Gasteiger partial charge in [-0.15, -0.1) is 12.4 Å². The Bertz CT molecular complexity index is 464. The van der Waals surface area contributed by atoms with E-state index >= 15 is 0 Å². The van der Waals surface area contributed by atoms with Crippen LogP contribution < -0.4 is 21.9 Å². The second-order valence-electron chi connectivity index (χ2n) is 5.81. The Hall–Kier alpha value is -1.14. The Labute approximate surface area is 138 Å². The number of amides is 1. The van der Waals surface area contributed by atoms with Crippen LogP contribution >= 0.6 is 12.4 Å². The van der Waals surface area contributed by atoms with Crippen molar-refractivity contribution in [3.8, 4) is 0 Å². The number of nitrogens with one attached hydrogen (secondary N) is 3. The zero-order valence-corrected chi connectivity index (χ0v) is 14.1. The van der Waals surface area contributed by atoms with Gasteiger partial charge in [0.25, 0.3) is 0 Å². The summed E-state index contributed by atoms with van der Waals surface area (Å²) in [5, 5.41) is 3.02. The van der Waals surface area contributed by atoms with Crippen LogP contribution in [0.5, 0.6) is 0 Å². The molecule has 1 heterocycles. The fourth-order valence-electron chi connectivity index (χ4n) is 2.61. The van der Waals surface area contributed by atoms with Crippen LogP contribution in [-0.4, -0.2) is 24.5 Å². The van der Waals surface area contributed by atoms with Gasteiger partial charge >= 0.3 is 0 Å². The molecule has 0 bridgehead atoms. The largest absolute Gasteiger partial charge is 0.354 e. The Morgan fingerprint density at radius 2 is 1.95 bits per heavy atom. The summed E-state index contributed by atoms with van der Waals surface area (Å²) in [5.74, 6) is -0.0663. The summed E-state index contributed by atoms with van der Waals surface area (Å²) < 4.78 is 0. The van der Waals surface area contributed by atoms with Crippen LogP contribution in [0.25, 0.3) is 0 Å². The van der Waals surface area contributed by atoms with Gasteiger partial charge in [0, 0.05) is 18.6 Å². The van der Waals surface area contributed by atoms with Crippen molar-refractivity contribution in [3.63, 3.8) is 0 Å². The first-order valence-electron chi connectivity index (χ1n) is 7.69. The topological polar surface area (TPSA) is 79.2 Å². The monoisotopic (exact) mass is 326 g/mol. The molecule has 2 unspecified atom stereocenters. The van der Waals surface area contributed by atoms with Gasteiger partial charge in [0.1, 0.15) is 0 Å². The molecule has 0 aromatic heterocycles. The quantitative estimate of drug-likeness (QED) is 0.639. The van der Waals surface area contributed by atoms with E-state index in [1.54, 1.807) is 0 Å². The second kappa shape index (κ2) is 8.48. The molecule has 1 aliphatic rings. The lowest BCUT2D eigenvalue weighted by atomic mass is 9.92. The summed E-state index contributed by atoms with van der Waals surface area (Å²) in [4.78, 5) is 12.5. The average Bonchev–Trinajstić information content (AvgIpc) is 3.03. The number of rotatable bonds is 6. The van der Waals surface area contributed by atoms with Crippen LogP contribution in [0.3, 0.4) is 0 Å². The van der Waals surface area contributed by atoms with E-state index < -0.39 is 0 Å². The first kappa shape index (κ1) is 18.9. The molecule has 0 radical (unpaired) electrons. The van der Waals surface area contributed by atoms with Crippen molar-refractivity contribution in [1.29, 1.82) is 0 Å². The van der Waals surface area contributed by atoms with Crippen LogP contribution in [0, 0.1) is 5.92 Å². The van der Waals surface area contributed by atoms with Gasteiger partial charge < -0.3 is 11.1 Å². The molecular formula is C16H27ClN4O. The molecule has 2 atom stereocenters. The van der Waals surface area contributed by atoms with Crippen molar-refractivity contribution in [1.82, 2.24) is 16.2 Å². The van der Waals surface area contributed by atoms with E-state index in [-0.39, 0.29) is 35.8 Å². The van der Waals surface area contributed by atoms with E-state index in [9.17, 15) is 4.79 Å². The Morgan fingerprint density at radius 1 is 1.32 bits per heavy atom. The number of carbonyl (C=O) groups excluding carboxylic acids is 1. The Kier molecular flexibility index (Phi) is 7.29. The van der Waals surface area contributed by atoms with Crippen LogP contribution in [0.2, 0.25) is 0 Å². The maximum absolute atomic E-state index is 12.5. The van der Waals surface area contributed by atoms with Gasteiger partial charge in [0.2, 0.25) is 5.91 Å². The highest BCUT2D eigenvalue weighted by atomic mass is 35.5. The highest BCUT2D eigenvalue weighted by Crippen LogP contribution is 2.24. The van der Waals surface area contributed by atoms with Gasteiger partial charge in [-0.25, -0.2) is 5.43 Å². The molecule has 1 aliphatic heterocycles. The SMILES string of the molecule is CCC(N)(CC)CNC(=O)C1CNNC1c1ccccc1.Cl. The van der Waals surface area contributed by atoms with Gasteiger partial charge in [-0.2, -0.15) is 0 Å². The average molecular weight is 327 g/mol. The van der Waals surface area contributed by atoms with Crippen molar-refractivity contribution in [3.05, 3.63) is 35.9 Å². The number of hydrazine groups is 1. The molecule has 1 saturated heterocycles. The zero-order valence-electron chi connectivity index (χ0n) is 13.3. The summed E-state index contributed by atoms with van der Waals surface area (Å²) in [7, 11) is 0. The first-order valence-corrected chi connectivity index (χ1v) is 7.69. The number of halogens is 1. The van der Waals surface area contributed by atoms with Crippen LogP contribution in [0.1, 0.15) is 38.3 Å². The van der Waals surface area contributed by atoms with Gasteiger partial charge in [-0.05, 0) is 18.4 Å². The smallest absolute Gasteiger partial charge is 0.226 e. The lowest BCUT2D eigenvalue weighted by molar-refractivity contribution is -0.125. The third kappa shape index (κ3) is 4.43. The van der Waals surface area contributed by atoms with Crippen molar-refractivity contribution < 1.29 is 4.79 Å². The van der Waals surface area contributed by atoms with Crippen molar-refractivity contribution in [2.24, 2.45) is 11.7 Å². The van der Waals surface area contributed by atoms with E-state index in [0.717, 1.165) is 18.4 Å². The minimum atomic E-state index is -0.308. The van der Waals surface area contributed by atoms with Gasteiger partial charge in [-0.3, -0.25) is 10.2 Å². The summed E-state index contributed by atoms with van der Waals surface area (Å²) in [6.45, 7) is 5.26. The number of hydrogen-bond donors (Lipinski definition) is 4. The number of hydrogen-bond acceptors (Lipinski definition) is 4. The van der Waals surface area contributed by atoms with E-state index in [0.29, 0.717) is 13.1 Å².